The van der Waals surface area contributed by atoms with Crippen molar-refractivity contribution in [3.05, 3.63) is 88.5 Å². The Morgan fingerprint density at radius 2 is 1.71 bits per heavy atom. The summed E-state index contributed by atoms with van der Waals surface area (Å²) in [6.07, 6.45) is 5.30. The highest BCUT2D eigenvalue weighted by Gasteiger charge is 2.21. The minimum atomic E-state index is 0.0163. The van der Waals surface area contributed by atoms with Crippen molar-refractivity contribution < 1.29 is 4.79 Å². The van der Waals surface area contributed by atoms with Gasteiger partial charge in [-0.15, -0.1) is 0 Å². The number of hydrogen-bond acceptors (Lipinski definition) is 1. The normalized spacial score (nSPS) is 14.3. The van der Waals surface area contributed by atoms with Gasteiger partial charge in [-0.05, 0) is 41.5 Å². The molecule has 0 heterocycles. The Balaban J connectivity index is 2.13. The topological polar surface area (TPSA) is 17.1 Å². The minimum Gasteiger partial charge on any atom is -0.289 e. The Morgan fingerprint density at radius 3 is 2.29 bits per heavy atom. The number of hydrogen-bond donors (Lipinski definition) is 0. The molecule has 0 radical (unpaired) electrons. The number of allylic oxidation sites excluding steroid dienone is 4. The molecule has 0 saturated heterocycles. The molecule has 0 atom stereocenters. The van der Waals surface area contributed by atoms with E-state index in [1.54, 1.807) is 0 Å². The molecule has 122 valence electrons. The minimum absolute atomic E-state index is 0.0163. The Bertz CT molecular complexity index is 830. The third kappa shape index (κ3) is 3.26. The highest BCUT2D eigenvalue weighted by atomic mass is 16.1. The molecule has 0 N–H and O–H groups in total. The van der Waals surface area contributed by atoms with E-state index >= 15 is 0 Å². The van der Waals surface area contributed by atoms with Gasteiger partial charge in [-0.2, -0.15) is 0 Å². The first-order valence-electron chi connectivity index (χ1n) is 8.48. The van der Waals surface area contributed by atoms with Crippen LogP contribution < -0.4 is 0 Å². The van der Waals surface area contributed by atoms with Crippen LogP contribution in [0.2, 0.25) is 0 Å². The maximum atomic E-state index is 13.1. The average molecular weight is 316 g/mol. The lowest BCUT2D eigenvalue weighted by Crippen LogP contribution is -2.14. The molecule has 3 rings (SSSR count). The van der Waals surface area contributed by atoms with Gasteiger partial charge in [0, 0.05) is 11.1 Å². The number of carbonyl (C=O) groups excluding carboxylic acids is 1. The summed E-state index contributed by atoms with van der Waals surface area (Å²) in [6.45, 7) is 8.65. The van der Waals surface area contributed by atoms with Crippen LogP contribution >= 0.6 is 0 Å². The van der Waals surface area contributed by atoms with Crippen LogP contribution in [0.25, 0.3) is 5.57 Å². The molecule has 2 aromatic carbocycles. The summed E-state index contributed by atoms with van der Waals surface area (Å²) in [5.41, 5.74) is 6.31. The Morgan fingerprint density at radius 1 is 1.00 bits per heavy atom. The molecule has 24 heavy (non-hydrogen) atoms. The first-order chi connectivity index (χ1) is 11.4. The second-order valence-electron chi connectivity index (χ2n) is 7.53. The van der Waals surface area contributed by atoms with Crippen LogP contribution in [0.5, 0.6) is 0 Å². The highest BCUT2D eigenvalue weighted by molar-refractivity contribution is 6.12. The Kier molecular flexibility index (Phi) is 4.28. The van der Waals surface area contributed by atoms with E-state index in [0.29, 0.717) is 0 Å². The smallest absolute Gasteiger partial charge is 0.193 e. The first kappa shape index (κ1) is 16.4. The molecule has 1 aliphatic rings. The monoisotopic (exact) mass is 316 g/mol. The van der Waals surface area contributed by atoms with Crippen LogP contribution in [0, 0.1) is 0 Å². The van der Waals surface area contributed by atoms with Gasteiger partial charge in [0.05, 0.1) is 0 Å². The zero-order valence-electron chi connectivity index (χ0n) is 14.9. The van der Waals surface area contributed by atoms with Gasteiger partial charge in [0.15, 0.2) is 5.78 Å². The van der Waals surface area contributed by atoms with E-state index in [0.717, 1.165) is 23.1 Å². The molecule has 0 unspecified atom stereocenters. The predicted octanol–water partition coefficient (Wildman–Crippen LogP) is 5.95. The zero-order valence-corrected chi connectivity index (χ0v) is 14.9. The van der Waals surface area contributed by atoms with Crippen molar-refractivity contribution in [1.29, 1.82) is 0 Å². The summed E-state index contributed by atoms with van der Waals surface area (Å²) >= 11 is 0. The van der Waals surface area contributed by atoms with E-state index in [1.807, 2.05) is 30.3 Å². The van der Waals surface area contributed by atoms with Gasteiger partial charge >= 0.3 is 0 Å². The lowest BCUT2D eigenvalue weighted by molar-refractivity contribution is 0.103. The standard InChI is InChI=1S/C23H24O/c1-16-10-11-18(14-16)20-13-12-19(23(2,3)4)15-21(20)22(24)17-8-6-5-7-9-17/h5-10,12-15H,11H2,1-4H3. The summed E-state index contributed by atoms with van der Waals surface area (Å²) in [5.74, 6) is 0.0992. The van der Waals surface area contributed by atoms with Crippen LogP contribution in [-0.2, 0) is 5.41 Å². The van der Waals surface area contributed by atoms with Crippen molar-refractivity contribution >= 4 is 11.4 Å². The van der Waals surface area contributed by atoms with Crippen LogP contribution in [0.1, 0.15) is 61.2 Å². The van der Waals surface area contributed by atoms with Crippen molar-refractivity contribution in [1.82, 2.24) is 0 Å². The molecule has 2 aromatic rings. The summed E-state index contributed by atoms with van der Waals surface area (Å²) in [5, 5.41) is 0. The van der Waals surface area contributed by atoms with Crippen LogP contribution in [-0.4, -0.2) is 5.78 Å². The van der Waals surface area contributed by atoms with E-state index in [9.17, 15) is 4.79 Å². The van der Waals surface area contributed by atoms with Crippen LogP contribution in [0.15, 0.2) is 66.3 Å². The molecule has 0 amide bonds. The molecule has 1 heteroatoms. The molecular weight excluding hydrogens is 292 g/mol. The van der Waals surface area contributed by atoms with E-state index in [4.69, 9.17) is 0 Å². The quantitative estimate of drug-likeness (QED) is 0.640. The van der Waals surface area contributed by atoms with E-state index in [2.05, 4.69) is 58.0 Å². The lowest BCUT2D eigenvalue weighted by Gasteiger charge is -2.21. The fourth-order valence-corrected chi connectivity index (χ4v) is 3.07. The van der Waals surface area contributed by atoms with Gasteiger partial charge in [0.1, 0.15) is 0 Å². The third-order valence-electron chi connectivity index (χ3n) is 4.56. The maximum Gasteiger partial charge on any atom is 0.193 e. The largest absolute Gasteiger partial charge is 0.289 e. The summed E-state index contributed by atoms with van der Waals surface area (Å²) in [7, 11) is 0. The van der Waals surface area contributed by atoms with Crippen molar-refractivity contribution in [3.63, 3.8) is 0 Å². The number of carbonyl (C=O) groups is 1. The van der Waals surface area contributed by atoms with Crippen molar-refractivity contribution in [3.8, 4) is 0 Å². The van der Waals surface area contributed by atoms with Crippen molar-refractivity contribution in [2.45, 2.75) is 39.5 Å². The molecule has 0 bridgehead atoms. The van der Waals surface area contributed by atoms with Crippen LogP contribution in [0.4, 0.5) is 0 Å². The SMILES string of the molecule is CC1=CCC(c2ccc(C(C)(C)C)cc2C(=O)c2ccccc2)=C1. The van der Waals surface area contributed by atoms with Gasteiger partial charge in [0.2, 0.25) is 0 Å². The molecule has 0 fully saturated rings. The predicted molar refractivity (Wildman–Crippen MR) is 101 cm³/mol. The maximum absolute atomic E-state index is 13.1. The number of benzene rings is 2. The lowest BCUT2D eigenvalue weighted by atomic mass is 9.83. The van der Waals surface area contributed by atoms with E-state index in [1.165, 1.54) is 16.7 Å². The third-order valence-corrected chi connectivity index (χ3v) is 4.56. The van der Waals surface area contributed by atoms with Crippen molar-refractivity contribution in [2.24, 2.45) is 0 Å². The van der Waals surface area contributed by atoms with Gasteiger partial charge in [-0.1, -0.05) is 81.0 Å². The second-order valence-corrected chi connectivity index (χ2v) is 7.53. The van der Waals surface area contributed by atoms with Gasteiger partial charge < -0.3 is 0 Å². The average Bonchev–Trinajstić information content (AvgIpc) is 3.00. The molecule has 0 aliphatic heterocycles. The number of ketones is 1. The zero-order chi connectivity index (χ0) is 17.3. The molecule has 1 aliphatic carbocycles. The fourth-order valence-electron chi connectivity index (χ4n) is 3.07. The van der Waals surface area contributed by atoms with Crippen LogP contribution in [0.3, 0.4) is 0 Å². The summed E-state index contributed by atoms with van der Waals surface area (Å²) < 4.78 is 0. The molecule has 0 spiro atoms. The highest BCUT2D eigenvalue weighted by Crippen LogP contribution is 2.33. The summed E-state index contributed by atoms with van der Waals surface area (Å²) in [6, 6.07) is 15.9. The van der Waals surface area contributed by atoms with E-state index in [-0.39, 0.29) is 11.2 Å². The number of rotatable bonds is 3. The molecule has 0 saturated carbocycles. The van der Waals surface area contributed by atoms with Crippen molar-refractivity contribution in [2.75, 3.05) is 0 Å². The Hall–Kier alpha value is -2.41. The molecule has 0 aromatic heterocycles. The molecular formula is C23H24O. The first-order valence-corrected chi connectivity index (χ1v) is 8.48. The Labute approximate surface area is 144 Å². The second kappa shape index (κ2) is 6.24. The van der Waals surface area contributed by atoms with Gasteiger partial charge in [-0.3, -0.25) is 4.79 Å². The molecule has 1 nitrogen and oxygen atoms in total. The van der Waals surface area contributed by atoms with E-state index < -0.39 is 0 Å². The summed E-state index contributed by atoms with van der Waals surface area (Å²) in [4.78, 5) is 13.1. The fraction of sp³-hybridized carbons (Fsp3) is 0.261. The van der Waals surface area contributed by atoms with Gasteiger partial charge in [-0.25, -0.2) is 0 Å². The van der Waals surface area contributed by atoms with Gasteiger partial charge in [0.25, 0.3) is 0 Å².